The molecule has 0 fully saturated rings. The fourth-order valence-electron chi connectivity index (χ4n) is 3.05. The largest absolute Gasteiger partial charge is 0.356 e. The van der Waals surface area contributed by atoms with Crippen molar-refractivity contribution in [1.29, 1.82) is 0 Å². The first kappa shape index (κ1) is 19.9. The van der Waals surface area contributed by atoms with Gasteiger partial charge in [0.15, 0.2) is 0 Å². The summed E-state index contributed by atoms with van der Waals surface area (Å²) in [5.74, 6) is -0.110. The minimum atomic E-state index is -0.597. The summed E-state index contributed by atoms with van der Waals surface area (Å²) < 4.78 is 2.74. The molecule has 0 spiro atoms. The fourth-order valence-corrected chi connectivity index (χ4v) is 3.05. The number of hydrogen-bond donors (Lipinski definition) is 1. The van der Waals surface area contributed by atoms with Crippen molar-refractivity contribution in [3.05, 3.63) is 45.0 Å². The molecule has 7 nitrogen and oxygen atoms in total. The van der Waals surface area contributed by atoms with E-state index in [1.807, 2.05) is 12.1 Å². The lowest BCUT2D eigenvalue weighted by Crippen LogP contribution is -2.41. The van der Waals surface area contributed by atoms with Crippen molar-refractivity contribution in [1.82, 2.24) is 19.4 Å². The molecule has 0 radical (unpaired) electrons. The van der Waals surface area contributed by atoms with Crippen molar-refractivity contribution >= 4 is 16.9 Å². The van der Waals surface area contributed by atoms with Crippen LogP contribution in [-0.2, 0) is 18.4 Å². The number of amides is 1. The maximum atomic E-state index is 12.3. The molecule has 0 aliphatic heterocycles. The number of rotatable bonds is 9. The first-order valence-corrected chi connectivity index (χ1v) is 9.17. The van der Waals surface area contributed by atoms with Gasteiger partial charge in [-0.15, -0.1) is 0 Å². The zero-order valence-corrected chi connectivity index (χ0v) is 15.8. The van der Waals surface area contributed by atoms with Crippen LogP contribution >= 0.6 is 0 Å². The Bertz CT molecular complexity index is 865. The van der Waals surface area contributed by atoms with Crippen LogP contribution in [0.3, 0.4) is 0 Å². The molecule has 7 heteroatoms. The van der Waals surface area contributed by atoms with Crippen LogP contribution in [0.15, 0.2) is 33.9 Å². The third-order valence-electron chi connectivity index (χ3n) is 4.70. The Labute approximate surface area is 153 Å². The minimum absolute atomic E-state index is 0.110. The number of benzene rings is 1. The summed E-state index contributed by atoms with van der Waals surface area (Å²) in [4.78, 5) is 38.8. The highest BCUT2D eigenvalue weighted by Crippen LogP contribution is 2.09. The number of fused-ring (bicyclic) bond motifs is 1. The highest BCUT2D eigenvalue weighted by atomic mass is 16.2. The number of hydrogen-bond acceptors (Lipinski definition) is 4. The number of aromatic nitrogens is 2. The number of aryl methyl sites for hydroxylation is 2. The van der Waals surface area contributed by atoms with Gasteiger partial charge in [0.2, 0.25) is 5.91 Å². The number of nitrogens with zero attached hydrogens (tertiary/aromatic N) is 3. The smallest absolute Gasteiger partial charge is 0.316 e. The quantitative estimate of drug-likeness (QED) is 0.533. The standard InChI is InChI=1S/C19H28N4O3/c1-4-22(5-2)13-8-12-20-17(24)11-14-23-16-10-7-6-9-15(16)21(3)18(25)19(23)26/h6-7,9-10H,4-5,8,11-14H2,1-3H3,(H,20,24). The van der Waals surface area contributed by atoms with Gasteiger partial charge in [-0.1, -0.05) is 26.0 Å². The third-order valence-corrected chi connectivity index (χ3v) is 4.70. The summed E-state index contributed by atoms with van der Waals surface area (Å²) in [7, 11) is 1.58. The fraction of sp³-hybridized carbons (Fsp3) is 0.526. The lowest BCUT2D eigenvalue weighted by atomic mass is 10.2. The van der Waals surface area contributed by atoms with Crippen molar-refractivity contribution in [2.45, 2.75) is 33.2 Å². The van der Waals surface area contributed by atoms with Gasteiger partial charge in [-0.2, -0.15) is 0 Å². The molecule has 1 amide bonds. The molecular formula is C19H28N4O3. The molecular weight excluding hydrogens is 332 g/mol. The molecule has 0 aliphatic carbocycles. The maximum absolute atomic E-state index is 12.3. The van der Waals surface area contributed by atoms with E-state index >= 15 is 0 Å². The van der Waals surface area contributed by atoms with Crippen LogP contribution < -0.4 is 16.4 Å². The summed E-state index contributed by atoms with van der Waals surface area (Å²) in [6, 6.07) is 7.22. The van der Waals surface area contributed by atoms with Crippen molar-refractivity contribution in [2.24, 2.45) is 7.05 Å². The molecule has 0 atom stereocenters. The SMILES string of the molecule is CCN(CC)CCCNC(=O)CCn1c(=O)c(=O)n(C)c2ccccc21. The van der Waals surface area contributed by atoms with Crippen LogP contribution in [0.5, 0.6) is 0 Å². The molecule has 2 aromatic rings. The van der Waals surface area contributed by atoms with E-state index in [0.717, 1.165) is 26.1 Å². The molecule has 1 heterocycles. The Balaban J connectivity index is 1.99. The summed E-state index contributed by atoms with van der Waals surface area (Å²) in [5, 5.41) is 2.89. The molecule has 26 heavy (non-hydrogen) atoms. The number of carbonyl (C=O) groups excluding carboxylic acids is 1. The van der Waals surface area contributed by atoms with E-state index < -0.39 is 11.1 Å². The summed E-state index contributed by atoms with van der Waals surface area (Å²) in [5.41, 5.74) is 0.162. The van der Waals surface area contributed by atoms with Crippen LogP contribution in [0.4, 0.5) is 0 Å². The summed E-state index contributed by atoms with van der Waals surface area (Å²) in [6.07, 6.45) is 1.06. The maximum Gasteiger partial charge on any atom is 0.316 e. The lowest BCUT2D eigenvalue weighted by molar-refractivity contribution is -0.121. The van der Waals surface area contributed by atoms with Gasteiger partial charge in [0, 0.05) is 26.6 Å². The van der Waals surface area contributed by atoms with Gasteiger partial charge in [0.05, 0.1) is 11.0 Å². The Morgan fingerprint density at radius 1 is 1.08 bits per heavy atom. The second-order valence-corrected chi connectivity index (χ2v) is 6.29. The first-order valence-electron chi connectivity index (χ1n) is 9.17. The molecule has 0 unspecified atom stereocenters. The average Bonchev–Trinajstić information content (AvgIpc) is 2.66. The zero-order chi connectivity index (χ0) is 19.1. The van der Waals surface area contributed by atoms with E-state index in [1.54, 1.807) is 19.2 Å². The van der Waals surface area contributed by atoms with Crippen molar-refractivity contribution in [2.75, 3.05) is 26.2 Å². The van der Waals surface area contributed by atoms with E-state index in [1.165, 1.54) is 9.13 Å². The van der Waals surface area contributed by atoms with Crippen LogP contribution in [0, 0.1) is 0 Å². The molecule has 0 saturated carbocycles. The number of nitrogens with one attached hydrogen (secondary N) is 1. The average molecular weight is 360 g/mol. The molecule has 142 valence electrons. The van der Waals surface area contributed by atoms with Crippen molar-refractivity contribution in [3.63, 3.8) is 0 Å². The molecule has 1 aromatic heterocycles. The van der Waals surface area contributed by atoms with Gasteiger partial charge in [-0.3, -0.25) is 14.4 Å². The Kier molecular flexibility index (Phi) is 7.15. The second kappa shape index (κ2) is 9.33. The highest BCUT2D eigenvalue weighted by Gasteiger charge is 2.11. The predicted octanol–water partition coefficient (Wildman–Crippen LogP) is 0.938. The summed E-state index contributed by atoms with van der Waals surface area (Å²) >= 11 is 0. The molecule has 0 aliphatic rings. The van der Waals surface area contributed by atoms with Crippen molar-refractivity contribution in [3.8, 4) is 0 Å². The van der Waals surface area contributed by atoms with Gasteiger partial charge in [0.25, 0.3) is 0 Å². The predicted molar refractivity (Wildman–Crippen MR) is 103 cm³/mol. The van der Waals surface area contributed by atoms with Crippen LogP contribution in [-0.4, -0.2) is 46.1 Å². The molecule has 2 rings (SSSR count). The van der Waals surface area contributed by atoms with E-state index in [4.69, 9.17) is 0 Å². The molecule has 0 bridgehead atoms. The van der Waals surface area contributed by atoms with Gasteiger partial charge in [-0.25, -0.2) is 0 Å². The summed E-state index contributed by atoms with van der Waals surface area (Å²) in [6.45, 7) is 8.00. The Morgan fingerprint density at radius 3 is 2.38 bits per heavy atom. The third kappa shape index (κ3) is 4.60. The van der Waals surface area contributed by atoms with Crippen LogP contribution in [0.25, 0.3) is 11.0 Å². The van der Waals surface area contributed by atoms with Gasteiger partial charge < -0.3 is 19.4 Å². The first-order chi connectivity index (χ1) is 12.5. The Morgan fingerprint density at radius 2 is 1.73 bits per heavy atom. The van der Waals surface area contributed by atoms with Crippen molar-refractivity contribution < 1.29 is 4.79 Å². The van der Waals surface area contributed by atoms with Crippen LogP contribution in [0.1, 0.15) is 26.7 Å². The number of para-hydroxylation sites is 2. The lowest BCUT2D eigenvalue weighted by Gasteiger charge is -2.17. The monoisotopic (exact) mass is 360 g/mol. The van der Waals surface area contributed by atoms with Crippen LogP contribution in [0.2, 0.25) is 0 Å². The van der Waals surface area contributed by atoms with Gasteiger partial charge >= 0.3 is 11.1 Å². The normalized spacial score (nSPS) is 11.2. The Hall–Kier alpha value is -2.41. The topological polar surface area (TPSA) is 76.3 Å². The highest BCUT2D eigenvalue weighted by molar-refractivity contribution is 5.77. The van der Waals surface area contributed by atoms with E-state index in [9.17, 15) is 14.4 Å². The van der Waals surface area contributed by atoms with Gasteiger partial charge in [-0.05, 0) is 38.2 Å². The number of carbonyl (C=O) groups is 1. The molecule has 0 saturated heterocycles. The van der Waals surface area contributed by atoms with Gasteiger partial charge in [0.1, 0.15) is 0 Å². The minimum Gasteiger partial charge on any atom is -0.356 e. The second-order valence-electron chi connectivity index (χ2n) is 6.29. The molecule has 1 aromatic carbocycles. The molecule has 1 N–H and O–H groups in total. The van der Waals surface area contributed by atoms with E-state index in [2.05, 4.69) is 24.1 Å². The van der Waals surface area contributed by atoms with E-state index in [-0.39, 0.29) is 18.9 Å². The van der Waals surface area contributed by atoms with E-state index in [0.29, 0.717) is 17.6 Å². The zero-order valence-electron chi connectivity index (χ0n) is 15.8.